The van der Waals surface area contributed by atoms with Crippen LogP contribution in [-0.2, 0) is 10.0 Å². The van der Waals surface area contributed by atoms with E-state index < -0.39 is 10.0 Å². The summed E-state index contributed by atoms with van der Waals surface area (Å²) in [5.41, 5.74) is 1.67. The first kappa shape index (κ1) is 18.8. The van der Waals surface area contributed by atoms with Gasteiger partial charge < -0.3 is 9.47 Å². The standard InChI is InChI=1S/C19H21NO4S2/c1-23-16-8-9-17(18(14-16)24-2)19-20(11-12-25-19)26(21,22)13-10-15-6-4-3-5-7-15/h3-10,13-14,19H,11-12H2,1-2H3/b13-10+/t19-/m0/s1. The molecule has 1 saturated heterocycles. The average molecular weight is 392 g/mol. The van der Waals surface area contributed by atoms with Gasteiger partial charge in [-0.2, -0.15) is 4.31 Å². The second-order valence-corrected chi connectivity index (χ2v) is 8.66. The minimum Gasteiger partial charge on any atom is -0.497 e. The zero-order valence-electron chi connectivity index (χ0n) is 14.7. The van der Waals surface area contributed by atoms with E-state index in [1.54, 1.807) is 38.1 Å². The molecule has 7 heteroatoms. The maximum Gasteiger partial charge on any atom is 0.237 e. The van der Waals surface area contributed by atoms with Crippen molar-refractivity contribution in [1.82, 2.24) is 4.31 Å². The molecule has 5 nitrogen and oxygen atoms in total. The van der Waals surface area contributed by atoms with Crippen LogP contribution < -0.4 is 9.47 Å². The maximum absolute atomic E-state index is 12.9. The van der Waals surface area contributed by atoms with Crippen LogP contribution in [0.5, 0.6) is 11.5 Å². The Morgan fingerprint density at radius 1 is 1.12 bits per heavy atom. The molecule has 1 fully saturated rings. The van der Waals surface area contributed by atoms with Gasteiger partial charge in [-0.3, -0.25) is 0 Å². The monoisotopic (exact) mass is 391 g/mol. The Balaban J connectivity index is 1.89. The summed E-state index contributed by atoms with van der Waals surface area (Å²) < 4.78 is 37.9. The Hall–Kier alpha value is -1.96. The summed E-state index contributed by atoms with van der Waals surface area (Å²) >= 11 is 1.59. The molecule has 1 heterocycles. The molecule has 138 valence electrons. The van der Waals surface area contributed by atoms with Crippen LogP contribution in [0.2, 0.25) is 0 Å². The molecule has 0 saturated carbocycles. The van der Waals surface area contributed by atoms with E-state index in [1.165, 1.54) is 9.71 Å². The molecular formula is C19H21NO4S2. The Kier molecular flexibility index (Phi) is 5.90. The van der Waals surface area contributed by atoms with Crippen LogP contribution in [-0.4, -0.2) is 39.2 Å². The first-order valence-corrected chi connectivity index (χ1v) is 10.7. The van der Waals surface area contributed by atoms with Crippen LogP contribution in [0.15, 0.2) is 53.9 Å². The van der Waals surface area contributed by atoms with Crippen LogP contribution in [0.3, 0.4) is 0 Å². The van der Waals surface area contributed by atoms with Crippen molar-refractivity contribution in [2.75, 3.05) is 26.5 Å². The van der Waals surface area contributed by atoms with Gasteiger partial charge in [0.15, 0.2) is 0 Å². The summed E-state index contributed by atoms with van der Waals surface area (Å²) in [4.78, 5) is 0. The van der Waals surface area contributed by atoms with E-state index in [1.807, 2.05) is 42.5 Å². The number of rotatable bonds is 6. The summed E-state index contributed by atoms with van der Waals surface area (Å²) in [7, 11) is -0.388. The first-order chi connectivity index (χ1) is 12.5. The molecule has 26 heavy (non-hydrogen) atoms. The average Bonchev–Trinajstić information content (AvgIpc) is 3.17. The van der Waals surface area contributed by atoms with Crippen molar-refractivity contribution >= 4 is 27.9 Å². The topological polar surface area (TPSA) is 55.8 Å². The molecule has 0 aliphatic carbocycles. The van der Waals surface area contributed by atoms with Crippen LogP contribution in [0, 0.1) is 0 Å². The third-order valence-electron chi connectivity index (χ3n) is 4.11. The number of ether oxygens (including phenoxy) is 2. The van der Waals surface area contributed by atoms with Crippen molar-refractivity contribution in [3.63, 3.8) is 0 Å². The molecular weight excluding hydrogens is 370 g/mol. The predicted molar refractivity (Wildman–Crippen MR) is 106 cm³/mol. The summed E-state index contributed by atoms with van der Waals surface area (Å²) in [5.74, 6) is 2.03. The van der Waals surface area contributed by atoms with E-state index in [0.717, 1.165) is 16.9 Å². The first-order valence-electron chi connectivity index (χ1n) is 8.13. The number of thioether (sulfide) groups is 1. The number of nitrogens with zero attached hydrogens (tertiary/aromatic N) is 1. The van der Waals surface area contributed by atoms with Gasteiger partial charge in [0.05, 0.1) is 19.6 Å². The SMILES string of the molecule is COc1ccc([C@@H]2SCCN2S(=O)(=O)/C=C/c2ccccc2)c(OC)c1. The molecule has 2 aromatic rings. The highest BCUT2D eigenvalue weighted by Crippen LogP contribution is 2.44. The van der Waals surface area contributed by atoms with Gasteiger partial charge in [-0.05, 0) is 23.8 Å². The Labute approximate surface area is 158 Å². The van der Waals surface area contributed by atoms with Gasteiger partial charge in [0.2, 0.25) is 10.0 Å². The van der Waals surface area contributed by atoms with E-state index in [9.17, 15) is 8.42 Å². The molecule has 1 aliphatic rings. The zero-order chi connectivity index (χ0) is 18.6. The lowest BCUT2D eigenvalue weighted by atomic mass is 10.2. The van der Waals surface area contributed by atoms with Crippen molar-refractivity contribution < 1.29 is 17.9 Å². The van der Waals surface area contributed by atoms with Crippen molar-refractivity contribution in [3.05, 3.63) is 65.1 Å². The lowest BCUT2D eigenvalue weighted by Gasteiger charge is -2.23. The molecule has 1 atom stereocenters. The number of methoxy groups -OCH3 is 2. The highest BCUT2D eigenvalue weighted by molar-refractivity contribution is 8.01. The fourth-order valence-corrected chi connectivity index (χ4v) is 5.83. The van der Waals surface area contributed by atoms with Gasteiger partial charge in [-0.25, -0.2) is 8.42 Å². The smallest absolute Gasteiger partial charge is 0.237 e. The fraction of sp³-hybridized carbons (Fsp3) is 0.263. The van der Waals surface area contributed by atoms with Gasteiger partial charge in [0.25, 0.3) is 0 Å². The second-order valence-electron chi connectivity index (χ2n) is 5.70. The van der Waals surface area contributed by atoms with E-state index in [0.29, 0.717) is 18.0 Å². The molecule has 0 bridgehead atoms. The van der Waals surface area contributed by atoms with Gasteiger partial charge in [0, 0.05) is 29.3 Å². The molecule has 2 aromatic carbocycles. The van der Waals surface area contributed by atoms with E-state index in [2.05, 4.69) is 0 Å². The number of hydrogen-bond acceptors (Lipinski definition) is 5. The summed E-state index contributed by atoms with van der Waals surface area (Å²) in [5, 5.41) is 0.957. The number of benzene rings is 2. The van der Waals surface area contributed by atoms with E-state index >= 15 is 0 Å². The molecule has 0 spiro atoms. The largest absolute Gasteiger partial charge is 0.497 e. The fourth-order valence-electron chi connectivity index (χ4n) is 2.79. The molecule has 0 radical (unpaired) electrons. The third kappa shape index (κ3) is 4.06. The van der Waals surface area contributed by atoms with Gasteiger partial charge in [-0.15, -0.1) is 11.8 Å². The van der Waals surface area contributed by atoms with Crippen LogP contribution in [0.1, 0.15) is 16.5 Å². The Morgan fingerprint density at radius 2 is 1.88 bits per heavy atom. The van der Waals surface area contributed by atoms with Gasteiger partial charge >= 0.3 is 0 Å². The molecule has 1 aliphatic heterocycles. The lowest BCUT2D eigenvalue weighted by Crippen LogP contribution is -2.29. The van der Waals surface area contributed by atoms with Crippen molar-refractivity contribution in [1.29, 1.82) is 0 Å². The van der Waals surface area contributed by atoms with Gasteiger partial charge in [0.1, 0.15) is 11.5 Å². The summed E-state index contributed by atoms with van der Waals surface area (Å²) in [6, 6.07) is 14.9. The summed E-state index contributed by atoms with van der Waals surface area (Å²) in [6.45, 7) is 0.464. The minimum absolute atomic E-state index is 0.318. The van der Waals surface area contributed by atoms with Crippen molar-refractivity contribution in [2.45, 2.75) is 5.37 Å². The zero-order valence-corrected chi connectivity index (χ0v) is 16.3. The van der Waals surface area contributed by atoms with Crippen LogP contribution >= 0.6 is 11.8 Å². The van der Waals surface area contributed by atoms with E-state index in [4.69, 9.17) is 9.47 Å². The number of hydrogen-bond donors (Lipinski definition) is 0. The maximum atomic E-state index is 12.9. The quantitative estimate of drug-likeness (QED) is 0.751. The van der Waals surface area contributed by atoms with Crippen molar-refractivity contribution in [2.24, 2.45) is 0 Å². The molecule has 0 N–H and O–H groups in total. The third-order valence-corrected chi connectivity index (χ3v) is 7.02. The highest BCUT2D eigenvalue weighted by Gasteiger charge is 2.36. The van der Waals surface area contributed by atoms with Crippen LogP contribution in [0.4, 0.5) is 0 Å². The molecule has 0 aromatic heterocycles. The molecule has 3 rings (SSSR count). The molecule has 0 amide bonds. The second kappa shape index (κ2) is 8.16. The highest BCUT2D eigenvalue weighted by atomic mass is 32.2. The van der Waals surface area contributed by atoms with Gasteiger partial charge in [-0.1, -0.05) is 30.3 Å². The predicted octanol–water partition coefficient (Wildman–Crippen LogP) is 3.75. The van der Waals surface area contributed by atoms with Crippen molar-refractivity contribution in [3.8, 4) is 11.5 Å². The Morgan fingerprint density at radius 3 is 2.58 bits per heavy atom. The lowest BCUT2D eigenvalue weighted by molar-refractivity contribution is 0.380. The molecule has 0 unspecified atom stereocenters. The van der Waals surface area contributed by atoms with E-state index in [-0.39, 0.29) is 5.37 Å². The minimum atomic E-state index is -3.55. The Bertz CT molecular complexity index is 882. The summed E-state index contributed by atoms with van der Waals surface area (Å²) in [6.07, 6.45) is 1.63. The number of sulfonamides is 1. The normalized spacial score (nSPS) is 18.3. The van der Waals surface area contributed by atoms with Crippen LogP contribution in [0.25, 0.3) is 6.08 Å².